The molecule has 2 aromatic carbocycles. The summed E-state index contributed by atoms with van der Waals surface area (Å²) >= 11 is 8.99. The SMILES string of the molecule is Nc1ccc(Cl)c(S(=O)(=O)Cc2ccc(Br)cc2F)c1. The normalized spacial score (nSPS) is 11.6. The molecule has 0 bridgehead atoms. The van der Waals surface area contributed by atoms with Gasteiger partial charge in [-0.3, -0.25) is 0 Å². The fourth-order valence-corrected chi connectivity index (χ4v) is 3.96. The molecule has 0 aromatic heterocycles. The van der Waals surface area contributed by atoms with Gasteiger partial charge >= 0.3 is 0 Å². The van der Waals surface area contributed by atoms with Crippen LogP contribution < -0.4 is 5.73 Å². The van der Waals surface area contributed by atoms with Gasteiger partial charge in [0.15, 0.2) is 9.84 Å². The maximum absolute atomic E-state index is 13.7. The molecule has 0 aliphatic heterocycles. The van der Waals surface area contributed by atoms with Crippen molar-refractivity contribution in [1.82, 2.24) is 0 Å². The van der Waals surface area contributed by atoms with E-state index in [1.807, 2.05) is 0 Å². The first kappa shape index (κ1) is 15.3. The number of rotatable bonds is 3. The summed E-state index contributed by atoms with van der Waals surface area (Å²) in [4.78, 5) is -0.0958. The molecule has 0 saturated heterocycles. The summed E-state index contributed by atoms with van der Waals surface area (Å²) < 4.78 is 38.9. The molecule has 0 aliphatic rings. The standard InChI is InChI=1S/C13H10BrClFNO2S/c14-9-2-1-8(12(16)5-9)7-20(18,19)13-6-10(17)3-4-11(13)15/h1-6H,7,17H2. The van der Waals surface area contributed by atoms with E-state index >= 15 is 0 Å². The van der Waals surface area contributed by atoms with E-state index < -0.39 is 21.4 Å². The lowest BCUT2D eigenvalue weighted by atomic mass is 10.2. The van der Waals surface area contributed by atoms with Gasteiger partial charge in [-0.25, -0.2) is 12.8 Å². The van der Waals surface area contributed by atoms with Crippen LogP contribution in [0.15, 0.2) is 45.8 Å². The van der Waals surface area contributed by atoms with Crippen LogP contribution in [-0.4, -0.2) is 8.42 Å². The second-order valence-corrected chi connectivity index (χ2v) is 7.47. The van der Waals surface area contributed by atoms with Crippen molar-refractivity contribution in [3.05, 3.63) is 57.3 Å². The molecule has 0 atom stereocenters. The molecule has 20 heavy (non-hydrogen) atoms. The van der Waals surface area contributed by atoms with Gasteiger partial charge in [-0.2, -0.15) is 0 Å². The largest absolute Gasteiger partial charge is 0.399 e. The molecule has 0 amide bonds. The van der Waals surface area contributed by atoms with Crippen molar-refractivity contribution in [2.75, 3.05) is 5.73 Å². The maximum atomic E-state index is 13.7. The van der Waals surface area contributed by atoms with Crippen LogP contribution in [0.25, 0.3) is 0 Å². The van der Waals surface area contributed by atoms with Crippen molar-refractivity contribution < 1.29 is 12.8 Å². The van der Waals surface area contributed by atoms with Crippen molar-refractivity contribution >= 4 is 43.1 Å². The lowest BCUT2D eigenvalue weighted by Crippen LogP contribution is -2.07. The first-order chi connectivity index (χ1) is 9.29. The van der Waals surface area contributed by atoms with E-state index in [0.717, 1.165) is 0 Å². The van der Waals surface area contributed by atoms with E-state index in [2.05, 4.69) is 15.9 Å². The second-order valence-electron chi connectivity index (χ2n) is 4.18. The Morgan fingerprint density at radius 1 is 1.20 bits per heavy atom. The average Bonchev–Trinajstić information content (AvgIpc) is 2.35. The predicted molar refractivity (Wildman–Crippen MR) is 80.9 cm³/mol. The Kier molecular flexibility index (Phi) is 4.36. The Labute approximate surface area is 129 Å². The Morgan fingerprint density at radius 3 is 2.55 bits per heavy atom. The van der Waals surface area contributed by atoms with Crippen LogP contribution in [0.5, 0.6) is 0 Å². The number of nitrogen functional groups attached to an aromatic ring is 1. The van der Waals surface area contributed by atoms with Gasteiger partial charge in [-0.05, 0) is 30.3 Å². The number of sulfone groups is 1. The fourth-order valence-electron chi connectivity index (χ4n) is 1.68. The Bertz CT molecular complexity index is 765. The summed E-state index contributed by atoms with van der Waals surface area (Å²) in [5.41, 5.74) is 5.92. The molecular weight excluding hydrogens is 369 g/mol. The van der Waals surface area contributed by atoms with Crippen LogP contribution in [0.4, 0.5) is 10.1 Å². The minimum Gasteiger partial charge on any atom is -0.399 e. The molecule has 2 N–H and O–H groups in total. The van der Waals surface area contributed by atoms with E-state index in [1.54, 1.807) is 6.07 Å². The molecule has 3 nitrogen and oxygen atoms in total. The predicted octanol–water partition coefficient (Wildman–Crippen LogP) is 3.80. The number of hydrogen-bond acceptors (Lipinski definition) is 3. The van der Waals surface area contributed by atoms with Gasteiger partial charge in [0.1, 0.15) is 5.82 Å². The first-order valence-electron chi connectivity index (χ1n) is 5.51. The quantitative estimate of drug-likeness (QED) is 0.827. The average molecular weight is 379 g/mol. The van der Waals surface area contributed by atoms with E-state index in [4.69, 9.17) is 17.3 Å². The number of benzene rings is 2. The van der Waals surface area contributed by atoms with Crippen molar-refractivity contribution in [3.63, 3.8) is 0 Å². The van der Waals surface area contributed by atoms with Crippen LogP contribution >= 0.6 is 27.5 Å². The number of anilines is 1. The summed E-state index contributed by atoms with van der Waals surface area (Å²) in [6.45, 7) is 0. The molecule has 0 aliphatic carbocycles. The van der Waals surface area contributed by atoms with Gasteiger partial charge in [-0.1, -0.05) is 33.6 Å². The third kappa shape index (κ3) is 3.31. The number of halogens is 3. The van der Waals surface area contributed by atoms with Gasteiger partial charge < -0.3 is 5.73 Å². The summed E-state index contributed by atoms with van der Waals surface area (Å²) in [5.74, 6) is -1.07. The smallest absolute Gasteiger partial charge is 0.184 e. The fraction of sp³-hybridized carbons (Fsp3) is 0.0769. The highest BCUT2D eigenvalue weighted by Gasteiger charge is 2.21. The minimum atomic E-state index is -3.77. The van der Waals surface area contributed by atoms with Crippen LogP contribution in [0.1, 0.15) is 5.56 Å². The molecule has 7 heteroatoms. The third-order valence-corrected chi connectivity index (χ3v) is 5.28. The molecule has 0 unspecified atom stereocenters. The van der Waals surface area contributed by atoms with Crippen molar-refractivity contribution in [1.29, 1.82) is 0 Å². The van der Waals surface area contributed by atoms with Crippen molar-refractivity contribution in [3.8, 4) is 0 Å². The highest BCUT2D eigenvalue weighted by atomic mass is 79.9. The second kappa shape index (κ2) is 5.71. The van der Waals surface area contributed by atoms with Gasteiger partial charge in [-0.15, -0.1) is 0 Å². The molecular formula is C13H10BrClFNO2S. The lowest BCUT2D eigenvalue weighted by Gasteiger charge is -2.08. The monoisotopic (exact) mass is 377 g/mol. The maximum Gasteiger partial charge on any atom is 0.184 e. The Balaban J connectivity index is 2.43. The van der Waals surface area contributed by atoms with E-state index in [1.165, 1.54) is 30.3 Å². The van der Waals surface area contributed by atoms with Crippen LogP contribution in [0.3, 0.4) is 0 Å². The zero-order valence-electron chi connectivity index (χ0n) is 10.1. The molecule has 0 heterocycles. The van der Waals surface area contributed by atoms with E-state index in [0.29, 0.717) is 4.47 Å². The van der Waals surface area contributed by atoms with Crippen LogP contribution in [0.2, 0.25) is 5.02 Å². The first-order valence-corrected chi connectivity index (χ1v) is 8.33. The highest BCUT2D eigenvalue weighted by molar-refractivity contribution is 9.10. The van der Waals surface area contributed by atoms with Crippen LogP contribution in [-0.2, 0) is 15.6 Å². The topological polar surface area (TPSA) is 60.2 Å². The number of nitrogens with two attached hydrogens (primary N) is 1. The van der Waals surface area contributed by atoms with Crippen molar-refractivity contribution in [2.24, 2.45) is 0 Å². The summed E-state index contributed by atoms with van der Waals surface area (Å²) in [5, 5.41) is 0.0664. The molecule has 2 rings (SSSR count). The molecule has 0 saturated carbocycles. The Hall–Kier alpha value is -1.11. The molecule has 0 spiro atoms. The molecule has 0 radical (unpaired) electrons. The highest BCUT2D eigenvalue weighted by Crippen LogP contribution is 2.28. The van der Waals surface area contributed by atoms with Gasteiger partial charge in [0, 0.05) is 15.7 Å². The van der Waals surface area contributed by atoms with Crippen molar-refractivity contribution in [2.45, 2.75) is 10.6 Å². The van der Waals surface area contributed by atoms with Gasteiger partial charge in [0.2, 0.25) is 0 Å². The zero-order valence-corrected chi connectivity index (χ0v) is 13.3. The number of hydrogen-bond donors (Lipinski definition) is 1. The van der Waals surface area contributed by atoms with E-state index in [9.17, 15) is 12.8 Å². The van der Waals surface area contributed by atoms with E-state index in [-0.39, 0.29) is 21.2 Å². The van der Waals surface area contributed by atoms with Crippen LogP contribution in [0, 0.1) is 5.82 Å². The van der Waals surface area contributed by atoms with Gasteiger partial charge in [0.05, 0.1) is 15.7 Å². The minimum absolute atomic E-state index is 0.0664. The molecule has 0 fully saturated rings. The Morgan fingerprint density at radius 2 is 1.90 bits per heavy atom. The summed E-state index contributed by atoms with van der Waals surface area (Å²) in [6, 6.07) is 8.38. The molecule has 106 valence electrons. The third-order valence-electron chi connectivity index (χ3n) is 2.65. The molecule has 2 aromatic rings. The summed E-state index contributed by atoms with van der Waals surface area (Å²) in [7, 11) is -3.77. The van der Waals surface area contributed by atoms with Gasteiger partial charge in [0.25, 0.3) is 0 Å². The summed E-state index contributed by atoms with van der Waals surface area (Å²) in [6.07, 6.45) is 0. The zero-order chi connectivity index (χ0) is 14.9. The lowest BCUT2D eigenvalue weighted by molar-refractivity contribution is 0.587.